The summed E-state index contributed by atoms with van der Waals surface area (Å²) in [6, 6.07) is 6.42. The van der Waals surface area contributed by atoms with Crippen molar-refractivity contribution >= 4 is 16.1 Å². The van der Waals surface area contributed by atoms with Crippen molar-refractivity contribution in [2.24, 2.45) is 11.3 Å². The van der Waals surface area contributed by atoms with E-state index in [0.717, 1.165) is 5.56 Å². The van der Waals surface area contributed by atoms with Crippen LogP contribution in [0.4, 0.5) is 0 Å². The summed E-state index contributed by atoms with van der Waals surface area (Å²) in [6.07, 6.45) is -1.21. The van der Waals surface area contributed by atoms with Gasteiger partial charge in [0.2, 0.25) is 0 Å². The molecule has 0 saturated carbocycles. The molecule has 9 heteroatoms. The maximum Gasteiger partial charge on any atom is 0.312 e. The Bertz CT molecular complexity index is 771. The van der Waals surface area contributed by atoms with Crippen LogP contribution in [0.3, 0.4) is 0 Å². The highest BCUT2D eigenvalue weighted by atomic mass is 32.2. The molecule has 0 aromatic heterocycles. The van der Waals surface area contributed by atoms with Gasteiger partial charge in [0.1, 0.15) is 6.23 Å². The van der Waals surface area contributed by atoms with Gasteiger partial charge in [-0.05, 0) is 46.2 Å². The number of rotatable bonds is 9. The fourth-order valence-corrected chi connectivity index (χ4v) is 3.74. The Hall–Kier alpha value is -1.52. The second-order valence-corrected chi connectivity index (χ2v) is 9.73. The lowest BCUT2D eigenvalue weighted by Gasteiger charge is -2.24. The molecule has 1 heterocycles. The molecule has 0 aliphatic carbocycles. The lowest BCUT2D eigenvalue weighted by Crippen LogP contribution is -2.40. The maximum atomic E-state index is 12.6. The largest absolute Gasteiger partial charge is 0.446 e. The molecule has 1 fully saturated rings. The van der Waals surface area contributed by atoms with Gasteiger partial charge in [-0.15, -0.1) is 0 Å². The van der Waals surface area contributed by atoms with Crippen LogP contribution in [0, 0.1) is 18.3 Å². The van der Waals surface area contributed by atoms with Gasteiger partial charge in [-0.1, -0.05) is 17.7 Å². The second kappa shape index (κ2) is 9.99. The van der Waals surface area contributed by atoms with Gasteiger partial charge >= 0.3 is 5.97 Å². The van der Waals surface area contributed by atoms with Crippen molar-refractivity contribution in [2.75, 3.05) is 26.9 Å². The molecule has 0 radical (unpaired) electrons. The van der Waals surface area contributed by atoms with Crippen LogP contribution in [0.5, 0.6) is 0 Å². The van der Waals surface area contributed by atoms with Crippen molar-refractivity contribution < 1.29 is 31.6 Å². The van der Waals surface area contributed by atoms with Gasteiger partial charge in [-0.2, -0.15) is 8.42 Å². The monoisotopic (exact) mass is 429 g/mol. The minimum Gasteiger partial charge on any atom is -0.446 e. The van der Waals surface area contributed by atoms with E-state index < -0.39 is 28.0 Å². The summed E-state index contributed by atoms with van der Waals surface area (Å²) in [5.74, 6) is -0.643. The minimum absolute atomic E-state index is 0.0768. The number of aryl methyl sites for hydroxylation is 1. The first-order chi connectivity index (χ1) is 13.5. The van der Waals surface area contributed by atoms with Crippen molar-refractivity contribution in [3.63, 3.8) is 0 Å². The predicted octanol–water partition coefficient (Wildman–Crippen LogP) is 2.21. The highest BCUT2D eigenvalue weighted by molar-refractivity contribution is 7.86. The summed E-state index contributed by atoms with van der Waals surface area (Å²) >= 11 is 0. The maximum absolute atomic E-state index is 12.6. The molecular formula is C20H31NO7S. The van der Waals surface area contributed by atoms with Gasteiger partial charge in [0.15, 0.2) is 6.23 Å². The Morgan fingerprint density at radius 3 is 2.41 bits per heavy atom. The van der Waals surface area contributed by atoms with Gasteiger partial charge < -0.3 is 14.2 Å². The van der Waals surface area contributed by atoms with E-state index in [1.165, 1.54) is 12.1 Å². The summed E-state index contributed by atoms with van der Waals surface area (Å²) in [7, 11) is -2.38. The van der Waals surface area contributed by atoms with Crippen LogP contribution in [-0.4, -0.2) is 53.8 Å². The fourth-order valence-electron chi connectivity index (χ4n) is 2.72. The molecule has 29 heavy (non-hydrogen) atoms. The second-order valence-electron chi connectivity index (χ2n) is 8.16. The zero-order chi connectivity index (χ0) is 21.7. The molecule has 3 atom stereocenters. The summed E-state index contributed by atoms with van der Waals surface area (Å²) in [5, 5.41) is 2.97. The number of carbonyl (C=O) groups excluding carboxylic acids is 1. The fraction of sp³-hybridized carbons (Fsp3) is 0.650. The van der Waals surface area contributed by atoms with Gasteiger partial charge in [0.25, 0.3) is 10.1 Å². The minimum atomic E-state index is -3.96. The molecule has 1 saturated heterocycles. The van der Waals surface area contributed by atoms with Crippen LogP contribution in [0.25, 0.3) is 0 Å². The standard InChI is InChI=1S/C20H31NO7S/c1-14-6-8-16(9-7-14)29(23,24)28-17-12-15(13-26-11-10-25-5)18(21-17)27-19(22)20(2,3)4/h6-9,15,17-18,21H,10-13H2,1-5H3. The number of carbonyl (C=O) groups is 1. The van der Waals surface area contributed by atoms with Crippen molar-refractivity contribution in [1.29, 1.82) is 0 Å². The van der Waals surface area contributed by atoms with Crippen LogP contribution in [0.1, 0.15) is 32.8 Å². The van der Waals surface area contributed by atoms with Crippen LogP contribution >= 0.6 is 0 Å². The molecule has 8 nitrogen and oxygen atoms in total. The Morgan fingerprint density at radius 2 is 1.83 bits per heavy atom. The average molecular weight is 430 g/mol. The van der Waals surface area contributed by atoms with Crippen LogP contribution in [0.15, 0.2) is 29.2 Å². The molecule has 0 bridgehead atoms. The lowest BCUT2D eigenvalue weighted by atomic mass is 9.97. The normalized spacial score (nSPS) is 22.6. The van der Waals surface area contributed by atoms with E-state index in [-0.39, 0.29) is 23.4 Å². The summed E-state index contributed by atoms with van der Waals surface area (Å²) in [6.45, 7) is 8.24. The van der Waals surface area contributed by atoms with Gasteiger partial charge in [-0.3, -0.25) is 10.1 Å². The topological polar surface area (TPSA) is 100 Å². The zero-order valence-corrected chi connectivity index (χ0v) is 18.5. The highest BCUT2D eigenvalue weighted by Gasteiger charge is 2.41. The third-order valence-electron chi connectivity index (χ3n) is 4.46. The zero-order valence-electron chi connectivity index (χ0n) is 17.6. The molecule has 1 aromatic rings. The van der Waals surface area contributed by atoms with Gasteiger partial charge in [-0.25, -0.2) is 4.18 Å². The van der Waals surface area contributed by atoms with E-state index in [4.69, 9.17) is 18.4 Å². The predicted molar refractivity (Wildman–Crippen MR) is 107 cm³/mol. The Balaban J connectivity index is 2.06. The molecular weight excluding hydrogens is 398 g/mol. The highest BCUT2D eigenvalue weighted by Crippen LogP contribution is 2.28. The van der Waals surface area contributed by atoms with E-state index in [1.807, 2.05) is 6.92 Å². The van der Waals surface area contributed by atoms with Crippen molar-refractivity contribution in [1.82, 2.24) is 5.32 Å². The Labute approximate surface area is 173 Å². The number of esters is 1. The molecule has 1 aliphatic heterocycles. The average Bonchev–Trinajstić information content (AvgIpc) is 2.98. The number of ether oxygens (including phenoxy) is 3. The molecule has 0 amide bonds. The molecule has 2 rings (SSSR count). The summed E-state index contributed by atoms with van der Waals surface area (Å²) in [5.41, 5.74) is 0.265. The van der Waals surface area contributed by atoms with Crippen LogP contribution < -0.4 is 5.32 Å². The van der Waals surface area contributed by atoms with E-state index in [1.54, 1.807) is 40.0 Å². The lowest BCUT2D eigenvalue weighted by molar-refractivity contribution is -0.163. The third kappa shape index (κ3) is 7.04. The quantitative estimate of drug-likeness (QED) is 0.362. The summed E-state index contributed by atoms with van der Waals surface area (Å²) in [4.78, 5) is 12.4. The molecule has 1 aliphatic rings. The molecule has 1 N–H and O–H groups in total. The van der Waals surface area contributed by atoms with Gasteiger partial charge in [0.05, 0.1) is 30.1 Å². The Morgan fingerprint density at radius 1 is 1.17 bits per heavy atom. The molecule has 1 aromatic carbocycles. The van der Waals surface area contributed by atoms with Crippen molar-refractivity contribution in [3.8, 4) is 0 Å². The van der Waals surface area contributed by atoms with E-state index in [9.17, 15) is 13.2 Å². The number of hydrogen-bond donors (Lipinski definition) is 1. The number of nitrogens with one attached hydrogen (secondary N) is 1. The first kappa shape index (κ1) is 23.8. The first-order valence-corrected chi connectivity index (χ1v) is 11.0. The van der Waals surface area contributed by atoms with E-state index >= 15 is 0 Å². The molecule has 164 valence electrons. The first-order valence-electron chi connectivity index (χ1n) is 9.56. The van der Waals surface area contributed by atoms with E-state index in [2.05, 4.69) is 5.32 Å². The van der Waals surface area contributed by atoms with Crippen molar-refractivity contribution in [3.05, 3.63) is 29.8 Å². The van der Waals surface area contributed by atoms with Crippen molar-refractivity contribution in [2.45, 2.75) is 51.5 Å². The third-order valence-corrected chi connectivity index (χ3v) is 5.79. The molecule has 0 spiro atoms. The number of benzene rings is 1. The number of methoxy groups -OCH3 is 1. The SMILES string of the molecule is COCCOCC1CC(OS(=O)(=O)c2ccc(C)cc2)NC1OC(=O)C(C)(C)C. The smallest absolute Gasteiger partial charge is 0.312 e. The molecule has 3 unspecified atom stereocenters. The Kier molecular flexibility index (Phi) is 8.18. The van der Waals surface area contributed by atoms with E-state index in [0.29, 0.717) is 19.6 Å². The summed E-state index contributed by atoms with van der Waals surface area (Å²) < 4.78 is 46.6. The van der Waals surface area contributed by atoms with Crippen LogP contribution in [0.2, 0.25) is 0 Å². The van der Waals surface area contributed by atoms with Crippen LogP contribution in [-0.2, 0) is 33.3 Å². The van der Waals surface area contributed by atoms with Gasteiger partial charge in [0, 0.05) is 13.0 Å². The number of hydrogen-bond acceptors (Lipinski definition) is 8.